The standard InChI is InChI=1S/C9H4F3N3O3/c10-9(11,12)6-3-5(15(16)17)4-14-7(6)8-13-1-2-18-8/h1-4H. The minimum atomic E-state index is -4.79. The third kappa shape index (κ3) is 2.14. The van der Waals surface area contributed by atoms with Crippen LogP contribution in [0.3, 0.4) is 0 Å². The lowest BCUT2D eigenvalue weighted by Crippen LogP contribution is -2.09. The number of nitro groups is 1. The first-order chi connectivity index (χ1) is 8.39. The molecule has 18 heavy (non-hydrogen) atoms. The summed E-state index contributed by atoms with van der Waals surface area (Å²) in [5.41, 5.74) is -2.60. The average molecular weight is 259 g/mol. The Balaban J connectivity index is 2.64. The van der Waals surface area contributed by atoms with Gasteiger partial charge in [0.1, 0.15) is 18.2 Å². The van der Waals surface area contributed by atoms with Gasteiger partial charge in [-0.1, -0.05) is 0 Å². The predicted molar refractivity (Wildman–Crippen MR) is 51.4 cm³/mol. The van der Waals surface area contributed by atoms with Gasteiger partial charge in [0.2, 0.25) is 5.89 Å². The van der Waals surface area contributed by atoms with Gasteiger partial charge in [0.15, 0.2) is 0 Å². The van der Waals surface area contributed by atoms with Crippen LogP contribution in [0.5, 0.6) is 0 Å². The van der Waals surface area contributed by atoms with Crippen LogP contribution in [-0.4, -0.2) is 14.9 Å². The summed E-state index contributed by atoms with van der Waals surface area (Å²) in [6, 6.07) is 0.395. The first-order valence-corrected chi connectivity index (χ1v) is 4.51. The summed E-state index contributed by atoms with van der Waals surface area (Å²) in [7, 11) is 0. The van der Waals surface area contributed by atoms with Crippen LogP contribution < -0.4 is 0 Å². The highest BCUT2D eigenvalue weighted by atomic mass is 19.4. The molecule has 0 aliphatic carbocycles. The number of halogens is 3. The Bertz CT molecular complexity index is 580. The van der Waals surface area contributed by atoms with E-state index in [2.05, 4.69) is 9.97 Å². The Morgan fingerprint density at radius 1 is 1.33 bits per heavy atom. The number of pyridine rings is 1. The van der Waals surface area contributed by atoms with Crippen LogP contribution in [0.25, 0.3) is 11.6 Å². The monoisotopic (exact) mass is 259 g/mol. The van der Waals surface area contributed by atoms with Crippen molar-refractivity contribution in [3.05, 3.63) is 40.4 Å². The first-order valence-electron chi connectivity index (χ1n) is 4.51. The first kappa shape index (κ1) is 12.0. The Hall–Kier alpha value is -2.45. The zero-order valence-electron chi connectivity index (χ0n) is 8.51. The van der Waals surface area contributed by atoms with Crippen LogP contribution in [0.15, 0.2) is 29.1 Å². The fourth-order valence-corrected chi connectivity index (χ4v) is 1.28. The van der Waals surface area contributed by atoms with E-state index < -0.39 is 28.0 Å². The summed E-state index contributed by atoms with van der Waals surface area (Å²) in [6.45, 7) is 0. The van der Waals surface area contributed by atoms with E-state index >= 15 is 0 Å². The van der Waals surface area contributed by atoms with Gasteiger partial charge >= 0.3 is 6.18 Å². The summed E-state index contributed by atoms with van der Waals surface area (Å²) >= 11 is 0. The third-order valence-corrected chi connectivity index (χ3v) is 2.02. The average Bonchev–Trinajstić information content (AvgIpc) is 2.80. The van der Waals surface area contributed by atoms with Gasteiger partial charge in [0, 0.05) is 6.07 Å². The van der Waals surface area contributed by atoms with Gasteiger partial charge in [-0.05, 0) is 0 Å². The van der Waals surface area contributed by atoms with E-state index in [9.17, 15) is 23.3 Å². The van der Waals surface area contributed by atoms with Crippen molar-refractivity contribution in [3.8, 4) is 11.6 Å². The van der Waals surface area contributed by atoms with Gasteiger partial charge in [-0.25, -0.2) is 9.97 Å². The molecule has 9 heteroatoms. The molecule has 0 atom stereocenters. The molecule has 2 aromatic rings. The number of hydrogen-bond acceptors (Lipinski definition) is 5. The molecule has 0 bridgehead atoms. The molecule has 0 saturated heterocycles. The lowest BCUT2D eigenvalue weighted by Gasteiger charge is -2.09. The minimum absolute atomic E-state index is 0.350. The van der Waals surface area contributed by atoms with Gasteiger partial charge in [-0.15, -0.1) is 0 Å². The van der Waals surface area contributed by atoms with E-state index in [1.165, 1.54) is 0 Å². The van der Waals surface area contributed by atoms with Crippen LogP contribution in [0.1, 0.15) is 5.56 Å². The van der Waals surface area contributed by atoms with Gasteiger partial charge in [0.05, 0.1) is 16.7 Å². The van der Waals surface area contributed by atoms with Gasteiger partial charge in [-0.3, -0.25) is 10.1 Å². The maximum Gasteiger partial charge on any atom is 0.418 e. The van der Waals surface area contributed by atoms with Crippen molar-refractivity contribution in [2.45, 2.75) is 6.18 Å². The lowest BCUT2D eigenvalue weighted by molar-refractivity contribution is -0.385. The highest BCUT2D eigenvalue weighted by Gasteiger charge is 2.37. The fourth-order valence-electron chi connectivity index (χ4n) is 1.28. The second-order valence-corrected chi connectivity index (χ2v) is 3.18. The number of oxazole rings is 1. The molecular weight excluding hydrogens is 255 g/mol. The summed E-state index contributed by atoms with van der Waals surface area (Å²) in [5.74, 6) is -0.350. The van der Waals surface area contributed by atoms with Gasteiger partial charge < -0.3 is 4.42 Å². The molecule has 2 rings (SSSR count). The molecule has 0 unspecified atom stereocenters. The molecular formula is C9H4F3N3O3. The Kier molecular flexibility index (Phi) is 2.73. The van der Waals surface area contributed by atoms with Crippen molar-refractivity contribution in [2.75, 3.05) is 0 Å². The Labute approximate surface area is 97.2 Å². The smallest absolute Gasteiger partial charge is 0.418 e. The zero-order valence-corrected chi connectivity index (χ0v) is 8.51. The van der Waals surface area contributed by atoms with Crippen molar-refractivity contribution >= 4 is 5.69 Å². The Morgan fingerprint density at radius 2 is 2.06 bits per heavy atom. The molecule has 0 aliphatic heterocycles. The molecule has 6 nitrogen and oxygen atoms in total. The van der Waals surface area contributed by atoms with Crippen molar-refractivity contribution in [1.82, 2.24) is 9.97 Å². The Morgan fingerprint density at radius 3 is 2.56 bits per heavy atom. The molecule has 0 amide bonds. The number of hydrogen-bond donors (Lipinski definition) is 0. The van der Waals surface area contributed by atoms with E-state index in [4.69, 9.17) is 4.42 Å². The molecule has 94 valence electrons. The molecule has 0 spiro atoms. The van der Waals surface area contributed by atoms with Gasteiger partial charge in [0.25, 0.3) is 5.69 Å². The molecule has 0 fully saturated rings. The second kappa shape index (κ2) is 4.09. The fraction of sp³-hybridized carbons (Fsp3) is 0.111. The lowest BCUT2D eigenvalue weighted by atomic mass is 10.1. The van der Waals surface area contributed by atoms with Crippen molar-refractivity contribution < 1.29 is 22.5 Å². The molecule has 0 N–H and O–H groups in total. The van der Waals surface area contributed by atoms with Crippen molar-refractivity contribution in [2.24, 2.45) is 0 Å². The molecule has 0 aliphatic rings. The summed E-state index contributed by atoms with van der Waals surface area (Å²) in [5, 5.41) is 10.4. The van der Waals surface area contributed by atoms with E-state index in [-0.39, 0.29) is 5.89 Å². The summed E-state index contributed by atoms with van der Waals surface area (Å²) < 4.78 is 43.0. The second-order valence-electron chi connectivity index (χ2n) is 3.18. The number of nitrogens with zero attached hydrogens (tertiary/aromatic N) is 3. The van der Waals surface area contributed by atoms with E-state index in [1.54, 1.807) is 0 Å². The predicted octanol–water partition coefficient (Wildman–Crippen LogP) is 2.66. The highest BCUT2D eigenvalue weighted by molar-refractivity contribution is 5.56. The number of alkyl halides is 3. The summed E-state index contributed by atoms with van der Waals surface area (Å²) in [4.78, 5) is 16.4. The SMILES string of the molecule is O=[N+]([O-])c1cnc(-c2ncco2)c(C(F)(F)F)c1. The van der Waals surface area contributed by atoms with Crippen molar-refractivity contribution in [1.29, 1.82) is 0 Å². The number of rotatable bonds is 2. The largest absolute Gasteiger partial charge is 0.443 e. The van der Waals surface area contributed by atoms with E-state index in [0.29, 0.717) is 6.07 Å². The van der Waals surface area contributed by atoms with Crippen LogP contribution >= 0.6 is 0 Å². The molecule has 0 radical (unpaired) electrons. The van der Waals surface area contributed by atoms with Crippen LogP contribution in [0.4, 0.5) is 18.9 Å². The molecule has 2 heterocycles. The topological polar surface area (TPSA) is 82.1 Å². The van der Waals surface area contributed by atoms with Crippen LogP contribution in [0, 0.1) is 10.1 Å². The summed E-state index contributed by atoms with van der Waals surface area (Å²) in [6.07, 6.45) is -1.84. The molecule has 0 aromatic carbocycles. The van der Waals surface area contributed by atoms with Crippen LogP contribution in [-0.2, 0) is 6.18 Å². The normalized spacial score (nSPS) is 11.5. The van der Waals surface area contributed by atoms with E-state index in [1.807, 2.05) is 0 Å². The maximum atomic E-state index is 12.8. The van der Waals surface area contributed by atoms with Crippen LogP contribution in [0.2, 0.25) is 0 Å². The molecule has 2 aromatic heterocycles. The zero-order chi connectivity index (χ0) is 13.3. The van der Waals surface area contributed by atoms with Gasteiger partial charge in [-0.2, -0.15) is 13.2 Å². The number of aromatic nitrogens is 2. The third-order valence-electron chi connectivity index (χ3n) is 2.02. The van der Waals surface area contributed by atoms with E-state index in [0.717, 1.165) is 18.7 Å². The highest BCUT2D eigenvalue weighted by Crippen LogP contribution is 2.37. The molecule has 0 saturated carbocycles. The van der Waals surface area contributed by atoms with Crippen molar-refractivity contribution in [3.63, 3.8) is 0 Å². The minimum Gasteiger partial charge on any atom is -0.443 e. The quantitative estimate of drug-likeness (QED) is 0.611. The maximum absolute atomic E-state index is 12.8.